The first kappa shape index (κ1) is 35.9. The van der Waals surface area contributed by atoms with Crippen molar-refractivity contribution in [2.75, 3.05) is 19.0 Å². The van der Waals surface area contributed by atoms with Crippen molar-refractivity contribution in [2.24, 2.45) is 0 Å². The molecule has 0 fully saturated rings. The van der Waals surface area contributed by atoms with Gasteiger partial charge in [-0.2, -0.15) is 8.42 Å². The molecule has 246 valence electrons. The Morgan fingerprint density at radius 3 is 1.40 bits per heavy atom. The Morgan fingerprint density at radius 2 is 1.02 bits per heavy atom. The summed E-state index contributed by atoms with van der Waals surface area (Å²) >= 11 is 0. The number of esters is 2. The average molecular weight is 661 g/mol. The van der Waals surface area contributed by atoms with Crippen molar-refractivity contribution in [3.63, 3.8) is 0 Å². The minimum atomic E-state index is -3.99. The zero-order valence-corrected chi connectivity index (χ0v) is 28.7. The molecule has 0 heterocycles. The van der Waals surface area contributed by atoms with E-state index in [1.165, 1.54) is 0 Å². The second-order valence-electron chi connectivity index (χ2n) is 12.2. The normalized spacial score (nSPS) is 12.7. The first-order chi connectivity index (χ1) is 21.0. The highest BCUT2D eigenvalue weighted by atomic mass is 32.3. The lowest BCUT2D eigenvalue weighted by atomic mass is 10.2. The Morgan fingerprint density at radius 1 is 0.622 bits per heavy atom. The number of carbonyl (C=O) groups excluding carboxylic acids is 2. The highest BCUT2D eigenvalue weighted by Gasteiger charge is 2.37. The molecule has 0 unspecified atom stereocenters. The highest BCUT2D eigenvalue weighted by molar-refractivity contribution is 8.33. The molecule has 3 aromatic carbocycles. The fourth-order valence-corrected chi connectivity index (χ4v) is 9.63. The molecular weight excluding hydrogens is 616 g/mol. The van der Waals surface area contributed by atoms with E-state index >= 15 is 0 Å². The molecule has 3 aromatic rings. The molecule has 0 spiro atoms. The van der Waals surface area contributed by atoms with E-state index in [1.807, 2.05) is 37.3 Å². The number of rotatable bonds is 14. The van der Waals surface area contributed by atoms with Crippen LogP contribution in [0.5, 0.6) is 11.5 Å². The van der Waals surface area contributed by atoms with Crippen LogP contribution in [-0.4, -0.2) is 50.5 Å². The van der Waals surface area contributed by atoms with Gasteiger partial charge in [0.05, 0.1) is 5.75 Å². The molecule has 0 aromatic heterocycles. The third-order valence-corrected chi connectivity index (χ3v) is 11.1. The van der Waals surface area contributed by atoms with E-state index in [0.717, 1.165) is 0 Å². The van der Waals surface area contributed by atoms with Gasteiger partial charge in [-0.25, -0.2) is 13.2 Å². The van der Waals surface area contributed by atoms with Gasteiger partial charge in [-0.3, -0.25) is 0 Å². The summed E-state index contributed by atoms with van der Waals surface area (Å²) in [7, 11) is -6.84. The van der Waals surface area contributed by atoms with Crippen LogP contribution in [0.25, 0.3) is 0 Å². The Labute approximate surface area is 268 Å². The predicted molar refractivity (Wildman–Crippen MR) is 174 cm³/mol. The number of hydrogen-bond acceptors (Lipinski definition) is 9. The maximum Gasteiger partial charge on any atom is 0.344 e. The van der Waals surface area contributed by atoms with Crippen LogP contribution in [0.15, 0.2) is 93.5 Å². The minimum absolute atomic E-state index is 0.140. The number of carbonyl (C=O) groups is 2. The van der Waals surface area contributed by atoms with Crippen molar-refractivity contribution in [1.29, 1.82) is 0 Å². The molecular formula is C34H44O9S2. The Kier molecular flexibility index (Phi) is 12.1. The Bertz CT molecular complexity index is 1430. The number of ether oxygens (including phenoxy) is 4. The molecule has 0 saturated heterocycles. The number of benzene rings is 3. The van der Waals surface area contributed by atoms with E-state index in [-0.39, 0.29) is 19.0 Å². The standard InChI is InChI=1S/C34H44O9S2/c1-8-9-23-44(37,38)43-45(28-13-11-10-12-14-28,29-19-15-26(16-20-29)39-24-31(35)41-33(2,3)4)30-21-17-27(18-22-30)40-25-32(36)42-34(5,6)7/h10-22H,8-9,23-25H2,1-7H3. The van der Waals surface area contributed by atoms with E-state index < -0.39 is 43.6 Å². The largest absolute Gasteiger partial charge is 0.482 e. The van der Waals surface area contributed by atoms with Crippen LogP contribution in [-0.2, 0) is 32.8 Å². The SMILES string of the molecule is CCCCS(=O)(=O)OS(c1ccccc1)(c1ccc(OCC(=O)OC(C)(C)C)cc1)c1ccc(OCC(=O)OC(C)(C)C)cc1. The van der Waals surface area contributed by atoms with Crippen LogP contribution < -0.4 is 9.47 Å². The van der Waals surface area contributed by atoms with E-state index in [0.29, 0.717) is 39.0 Å². The first-order valence-corrected chi connectivity index (χ1v) is 17.9. The van der Waals surface area contributed by atoms with Gasteiger partial charge < -0.3 is 18.9 Å². The zero-order chi connectivity index (χ0) is 33.3. The molecule has 0 aliphatic rings. The van der Waals surface area contributed by atoms with Crippen LogP contribution in [0.3, 0.4) is 0 Å². The summed E-state index contributed by atoms with van der Waals surface area (Å²) in [6.45, 7) is 12.0. The molecule has 0 radical (unpaired) electrons. The third-order valence-electron chi connectivity index (χ3n) is 5.89. The summed E-state index contributed by atoms with van der Waals surface area (Å²) in [6.07, 6.45) is 1.13. The van der Waals surface area contributed by atoms with Gasteiger partial charge in [0, 0.05) is 14.7 Å². The summed E-state index contributed by atoms with van der Waals surface area (Å²) in [6, 6.07) is 22.8. The van der Waals surface area contributed by atoms with Crippen LogP contribution in [0.2, 0.25) is 0 Å². The van der Waals surface area contributed by atoms with E-state index in [1.54, 1.807) is 90.1 Å². The van der Waals surface area contributed by atoms with Gasteiger partial charge in [0.2, 0.25) is 0 Å². The molecule has 0 bridgehead atoms. The van der Waals surface area contributed by atoms with Gasteiger partial charge in [-0.05, 0) is 119 Å². The molecule has 45 heavy (non-hydrogen) atoms. The van der Waals surface area contributed by atoms with Crippen molar-refractivity contribution >= 4 is 32.4 Å². The maximum absolute atomic E-state index is 13.5. The molecule has 0 saturated carbocycles. The molecule has 0 amide bonds. The Balaban J connectivity index is 2.03. The van der Waals surface area contributed by atoms with Gasteiger partial charge in [-0.15, -0.1) is 0 Å². The Hall–Kier alpha value is -3.54. The maximum atomic E-state index is 13.5. The summed E-state index contributed by atoms with van der Waals surface area (Å²) in [5, 5.41) is 0. The van der Waals surface area contributed by atoms with E-state index in [2.05, 4.69) is 0 Å². The van der Waals surface area contributed by atoms with Crippen molar-refractivity contribution in [2.45, 2.75) is 87.2 Å². The monoisotopic (exact) mass is 660 g/mol. The average Bonchev–Trinajstić information content (AvgIpc) is 2.96. The van der Waals surface area contributed by atoms with Gasteiger partial charge >= 0.3 is 11.9 Å². The van der Waals surface area contributed by atoms with E-state index in [4.69, 9.17) is 22.6 Å². The van der Waals surface area contributed by atoms with Crippen LogP contribution >= 0.6 is 10.3 Å². The molecule has 0 N–H and O–H groups in total. The third kappa shape index (κ3) is 11.1. The van der Waals surface area contributed by atoms with Crippen molar-refractivity contribution in [3.8, 4) is 11.5 Å². The minimum Gasteiger partial charge on any atom is -0.482 e. The second kappa shape index (κ2) is 15.2. The molecule has 0 aliphatic heterocycles. The predicted octanol–water partition coefficient (Wildman–Crippen LogP) is 7.47. The summed E-state index contributed by atoms with van der Waals surface area (Å²) < 4.78 is 55.2. The first-order valence-electron chi connectivity index (χ1n) is 14.7. The summed E-state index contributed by atoms with van der Waals surface area (Å²) in [5.74, 6) is -0.332. The lowest BCUT2D eigenvalue weighted by Gasteiger charge is -2.39. The van der Waals surface area contributed by atoms with Gasteiger partial charge in [0.15, 0.2) is 13.2 Å². The van der Waals surface area contributed by atoms with Crippen molar-refractivity contribution < 1.29 is 40.6 Å². The molecule has 11 heteroatoms. The van der Waals surface area contributed by atoms with Crippen LogP contribution in [0, 0.1) is 0 Å². The smallest absolute Gasteiger partial charge is 0.344 e. The second-order valence-corrected chi connectivity index (χ2v) is 16.8. The fraction of sp³-hybridized carbons (Fsp3) is 0.412. The fourth-order valence-electron chi connectivity index (χ4n) is 4.13. The molecule has 0 atom stereocenters. The molecule has 9 nitrogen and oxygen atoms in total. The van der Waals surface area contributed by atoms with Crippen molar-refractivity contribution in [3.05, 3.63) is 78.9 Å². The van der Waals surface area contributed by atoms with Crippen molar-refractivity contribution in [1.82, 2.24) is 0 Å². The van der Waals surface area contributed by atoms with Gasteiger partial charge in [-0.1, -0.05) is 31.5 Å². The molecule has 0 aliphatic carbocycles. The highest BCUT2D eigenvalue weighted by Crippen LogP contribution is 2.70. The molecule has 3 rings (SSSR count). The number of unbranched alkanes of at least 4 members (excludes halogenated alkanes) is 1. The lowest BCUT2D eigenvalue weighted by molar-refractivity contribution is -0.158. The zero-order valence-electron chi connectivity index (χ0n) is 27.0. The lowest BCUT2D eigenvalue weighted by Crippen LogP contribution is -2.27. The summed E-state index contributed by atoms with van der Waals surface area (Å²) in [4.78, 5) is 26.2. The van der Waals surface area contributed by atoms with Gasteiger partial charge in [0.25, 0.3) is 10.1 Å². The number of hydrogen-bond donors (Lipinski definition) is 0. The van der Waals surface area contributed by atoms with Crippen LogP contribution in [0.4, 0.5) is 0 Å². The van der Waals surface area contributed by atoms with E-state index in [9.17, 15) is 18.0 Å². The van der Waals surface area contributed by atoms with Gasteiger partial charge in [0.1, 0.15) is 22.7 Å². The summed E-state index contributed by atoms with van der Waals surface area (Å²) in [5.41, 5.74) is -1.28. The van der Waals surface area contributed by atoms with Crippen LogP contribution in [0.1, 0.15) is 61.3 Å². The topological polar surface area (TPSA) is 114 Å². The quantitative estimate of drug-likeness (QED) is 0.162.